The molecule has 1 aliphatic heterocycles. The van der Waals surface area contributed by atoms with Gasteiger partial charge in [0.05, 0.1) is 21.8 Å². The second kappa shape index (κ2) is 4.19. The Morgan fingerprint density at radius 1 is 1.18 bits per heavy atom. The molecule has 0 unspecified atom stereocenters. The van der Waals surface area contributed by atoms with Crippen LogP contribution in [0.1, 0.15) is 38.3 Å². The van der Waals surface area contributed by atoms with Crippen molar-refractivity contribution in [3.8, 4) is 0 Å². The molecule has 0 spiro atoms. The summed E-state index contributed by atoms with van der Waals surface area (Å²) in [6.45, 7) is 10.1. The van der Waals surface area contributed by atoms with Crippen molar-refractivity contribution in [2.45, 2.75) is 45.8 Å². The molecule has 92 valence electrons. The Kier molecular flexibility index (Phi) is 3.14. The third-order valence-corrected chi connectivity index (χ3v) is 4.15. The van der Waals surface area contributed by atoms with Crippen molar-refractivity contribution < 1.29 is 9.31 Å². The Bertz CT molecular complexity index is 426. The zero-order chi connectivity index (χ0) is 12.7. The number of rotatable bonds is 2. The van der Waals surface area contributed by atoms with Crippen molar-refractivity contribution in [1.29, 1.82) is 0 Å². The number of nitrogens with zero attached hydrogens (tertiary/aromatic N) is 2. The van der Waals surface area contributed by atoms with Crippen LogP contribution in [0.15, 0.2) is 5.98 Å². The molecule has 4 nitrogen and oxygen atoms in total. The summed E-state index contributed by atoms with van der Waals surface area (Å²) in [5.74, 6) is 1.92. The van der Waals surface area contributed by atoms with Gasteiger partial charge in [-0.3, -0.25) is 0 Å². The molecule has 6 heteroatoms. The van der Waals surface area contributed by atoms with E-state index < -0.39 is 0 Å². The van der Waals surface area contributed by atoms with Gasteiger partial charge in [-0.25, -0.2) is 0 Å². The lowest BCUT2D eigenvalue weighted by Crippen LogP contribution is -2.41. The van der Waals surface area contributed by atoms with E-state index in [2.05, 4.69) is 9.59 Å². The van der Waals surface area contributed by atoms with Crippen LogP contribution in [0.5, 0.6) is 0 Å². The summed E-state index contributed by atoms with van der Waals surface area (Å²) >= 11 is 1.37. The fraction of sp³-hybridized carbons (Fsp3) is 0.636. The van der Waals surface area contributed by atoms with Gasteiger partial charge in [-0.1, -0.05) is 10.5 Å². The summed E-state index contributed by atoms with van der Waals surface area (Å²) in [6, 6.07) is 0. The van der Waals surface area contributed by atoms with Gasteiger partial charge < -0.3 is 9.31 Å². The lowest BCUT2D eigenvalue weighted by molar-refractivity contribution is 0.00578. The largest absolute Gasteiger partial charge is 0.487 e. The van der Waals surface area contributed by atoms with Crippen LogP contribution in [0.3, 0.4) is 0 Å². The quantitative estimate of drug-likeness (QED) is 0.758. The highest BCUT2D eigenvalue weighted by molar-refractivity contribution is 7.06. The van der Waals surface area contributed by atoms with Gasteiger partial charge in [0.15, 0.2) is 0 Å². The molecule has 0 aliphatic carbocycles. The summed E-state index contributed by atoms with van der Waals surface area (Å²) in [6.07, 6.45) is 1.96. The van der Waals surface area contributed by atoms with Crippen LogP contribution in [-0.2, 0) is 9.31 Å². The summed E-state index contributed by atoms with van der Waals surface area (Å²) in [7, 11) is -0.304. The normalized spacial score (nSPS) is 22.5. The van der Waals surface area contributed by atoms with Crippen LogP contribution in [0.2, 0.25) is 0 Å². The number of hydrogen-bond acceptors (Lipinski definition) is 5. The predicted octanol–water partition coefficient (Wildman–Crippen LogP) is 2.49. The molecule has 1 aromatic heterocycles. The molecule has 0 bridgehead atoms. The molecule has 1 saturated heterocycles. The van der Waals surface area contributed by atoms with E-state index in [1.807, 2.05) is 46.7 Å². The smallest absolute Gasteiger partial charge is 0.400 e. The molecule has 1 aromatic rings. The summed E-state index contributed by atoms with van der Waals surface area (Å²) in [5.41, 5.74) is 0.356. The second-order valence-electron chi connectivity index (χ2n) is 5.21. The molecule has 0 amide bonds. The minimum Gasteiger partial charge on any atom is -0.400 e. The van der Waals surface area contributed by atoms with Crippen molar-refractivity contribution in [3.05, 3.63) is 16.5 Å². The molecule has 1 aliphatic rings. The SMILES string of the molecule is Cc1nnsc1/C=C/B1OC(C)(C)C(C)(C)O1. The molecule has 2 rings (SSSR count). The maximum atomic E-state index is 5.86. The van der Waals surface area contributed by atoms with Crippen molar-refractivity contribution >= 4 is 24.7 Å². The van der Waals surface area contributed by atoms with Gasteiger partial charge in [-0.05, 0) is 52.2 Å². The van der Waals surface area contributed by atoms with Crippen LogP contribution >= 0.6 is 11.5 Å². The van der Waals surface area contributed by atoms with Crippen LogP contribution in [0.4, 0.5) is 0 Å². The lowest BCUT2D eigenvalue weighted by Gasteiger charge is -2.32. The molecule has 0 saturated carbocycles. The zero-order valence-electron chi connectivity index (χ0n) is 10.9. The molecule has 0 N–H and O–H groups in total. The highest BCUT2D eigenvalue weighted by atomic mass is 32.1. The first-order valence-corrected chi connectivity index (χ1v) is 6.42. The maximum Gasteiger partial charge on any atom is 0.487 e. The fourth-order valence-electron chi connectivity index (χ4n) is 1.53. The molecule has 0 aromatic carbocycles. The molecule has 0 atom stereocenters. The van der Waals surface area contributed by atoms with Crippen LogP contribution in [0, 0.1) is 6.92 Å². The van der Waals surface area contributed by atoms with E-state index in [0.717, 1.165) is 10.6 Å². The molecule has 17 heavy (non-hydrogen) atoms. The van der Waals surface area contributed by atoms with Gasteiger partial charge >= 0.3 is 7.12 Å². The van der Waals surface area contributed by atoms with E-state index >= 15 is 0 Å². The third-order valence-electron chi connectivity index (χ3n) is 3.36. The van der Waals surface area contributed by atoms with Crippen molar-refractivity contribution in [3.63, 3.8) is 0 Å². The first-order chi connectivity index (χ1) is 7.82. The van der Waals surface area contributed by atoms with Crippen LogP contribution < -0.4 is 0 Å². The van der Waals surface area contributed by atoms with Crippen molar-refractivity contribution in [2.75, 3.05) is 0 Å². The number of aromatic nitrogens is 2. The van der Waals surface area contributed by atoms with Gasteiger partial charge in [-0.2, -0.15) is 0 Å². The Morgan fingerprint density at radius 3 is 2.24 bits per heavy atom. The Morgan fingerprint density at radius 2 is 1.76 bits per heavy atom. The Labute approximate surface area is 106 Å². The van der Waals surface area contributed by atoms with Gasteiger partial charge in [0.25, 0.3) is 0 Å². The summed E-state index contributed by atoms with van der Waals surface area (Å²) in [5, 5.41) is 3.95. The average molecular weight is 252 g/mol. The topological polar surface area (TPSA) is 44.2 Å². The highest BCUT2D eigenvalue weighted by Gasteiger charge is 2.49. The van der Waals surface area contributed by atoms with E-state index in [0.29, 0.717) is 0 Å². The summed E-state index contributed by atoms with van der Waals surface area (Å²) < 4.78 is 15.6. The monoisotopic (exact) mass is 252 g/mol. The Hall–Kier alpha value is -0.715. The maximum absolute atomic E-state index is 5.86. The van der Waals surface area contributed by atoms with E-state index in [1.165, 1.54) is 11.5 Å². The standard InChI is InChI=1S/C11H17BN2O2S/c1-8-9(17-14-13-8)6-7-12-15-10(2,3)11(4,5)16-12/h6-7H,1-5H3/b7-6+. The zero-order valence-corrected chi connectivity index (χ0v) is 11.7. The minimum absolute atomic E-state index is 0.289. The summed E-state index contributed by atoms with van der Waals surface area (Å²) in [4.78, 5) is 1.04. The number of hydrogen-bond donors (Lipinski definition) is 0. The first-order valence-electron chi connectivity index (χ1n) is 5.65. The number of aryl methyl sites for hydroxylation is 1. The fourth-order valence-corrected chi connectivity index (χ4v) is 2.09. The minimum atomic E-state index is -0.304. The molecule has 1 fully saturated rings. The first kappa shape index (κ1) is 12.7. The van der Waals surface area contributed by atoms with Crippen molar-refractivity contribution in [2.24, 2.45) is 0 Å². The van der Waals surface area contributed by atoms with Crippen molar-refractivity contribution in [1.82, 2.24) is 9.59 Å². The van der Waals surface area contributed by atoms with E-state index in [9.17, 15) is 0 Å². The van der Waals surface area contributed by atoms with Gasteiger partial charge in [-0.15, -0.1) is 5.10 Å². The van der Waals surface area contributed by atoms with E-state index in [-0.39, 0.29) is 18.3 Å². The second-order valence-corrected chi connectivity index (χ2v) is 5.99. The average Bonchev–Trinajstić information content (AvgIpc) is 2.66. The molecular weight excluding hydrogens is 235 g/mol. The highest BCUT2D eigenvalue weighted by Crippen LogP contribution is 2.37. The molecular formula is C11H17BN2O2S. The van der Waals surface area contributed by atoms with Gasteiger partial charge in [0.1, 0.15) is 0 Å². The Balaban J connectivity index is 2.08. The van der Waals surface area contributed by atoms with E-state index in [4.69, 9.17) is 9.31 Å². The predicted molar refractivity (Wildman–Crippen MR) is 69.8 cm³/mol. The molecule has 0 radical (unpaired) electrons. The van der Waals surface area contributed by atoms with Crippen LogP contribution in [0.25, 0.3) is 6.08 Å². The van der Waals surface area contributed by atoms with Gasteiger partial charge in [0, 0.05) is 0 Å². The van der Waals surface area contributed by atoms with E-state index in [1.54, 1.807) is 0 Å². The van der Waals surface area contributed by atoms with Crippen LogP contribution in [-0.4, -0.2) is 27.9 Å². The molecule has 2 heterocycles. The third kappa shape index (κ3) is 2.43. The lowest BCUT2D eigenvalue weighted by atomic mass is 9.90. The van der Waals surface area contributed by atoms with Gasteiger partial charge in [0.2, 0.25) is 0 Å².